The Kier molecular flexibility index (Phi) is 3.55. The zero-order valence-electron chi connectivity index (χ0n) is 9.39. The second kappa shape index (κ2) is 5.11. The topological polar surface area (TPSA) is 53.1 Å². The van der Waals surface area contributed by atoms with Gasteiger partial charge in [-0.05, 0) is 24.0 Å². The van der Waals surface area contributed by atoms with Crippen LogP contribution in [0.25, 0.3) is 0 Å². The lowest BCUT2D eigenvalue weighted by atomic mass is 10.0. The minimum absolute atomic E-state index is 0.360. The lowest BCUT2D eigenvalue weighted by Crippen LogP contribution is -2.38. The van der Waals surface area contributed by atoms with Crippen LogP contribution in [0, 0.1) is 11.3 Å². The third-order valence-corrected chi connectivity index (χ3v) is 3.13. The molecule has 1 aromatic rings. The lowest BCUT2D eigenvalue weighted by molar-refractivity contribution is 0.282. The van der Waals surface area contributed by atoms with E-state index in [2.05, 4.69) is 35.2 Å². The first-order valence-corrected chi connectivity index (χ1v) is 5.74. The molecule has 3 heteroatoms. The van der Waals surface area contributed by atoms with E-state index in [1.54, 1.807) is 0 Å². The summed E-state index contributed by atoms with van der Waals surface area (Å²) in [6.45, 7) is 2.70. The molecule has 0 bridgehead atoms. The van der Waals surface area contributed by atoms with Gasteiger partial charge in [-0.3, -0.25) is 0 Å². The van der Waals surface area contributed by atoms with E-state index >= 15 is 0 Å². The maximum absolute atomic E-state index is 8.71. The summed E-state index contributed by atoms with van der Waals surface area (Å²) >= 11 is 0. The number of nitrogens with zero attached hydrogens (tertiary/aromatic N) is 2. The van der Waals surface area contributed by atoms with Crippen LogP contribution in [0.15, 0.2) is 24.3 Å². The van der Waals surface area contributed by atoms with Crippen LogP contribution in [-0.4, -0.2) is 30.6 Å². The highest BCUT2D eigenvalue weighted by Crippen LogP contribution is 2.15. The van der Waals surface area contributed by atoms with Crippen molar-refractivity contribution >= 4 is 0 Å². The van der Waals surface area contributed by atoms with Crippen molar-refractivity contribution in [1.82, 2.24) is 4.90 Å². The summed E-state index contributed by atoms with van der Waals surface area (Å²) in [5, 5.41) is 8.71. The van der Waals surface area contributed by atoms with Gasteiger partial charge >= 0.3 is 0 Å². The lowest BCUT2D eigenvalue weighted by Gasteiger charge is -2.20. The average Bonchev–Trinajstić information content (AvgIpc) is 2.52. The molecule has 3 nitrogen and oxygen atoms in total. The van der Waals surface area contributed by atoms with Crippen LogP contribution in [0.2, 0.25) is 0 Å². The zero-order valence-corrected chi connectivity index (χ0v) is 9.39. The van der Waals surface area contributed by atoms with E-state index in [1.807, 2.05) is 0 Å². The SMILES string of the molecule is N#CC(N)CN1CCc2ccccc2CC1. The van der Waals surface area contributed by atoms with E-state index in [0.29, 0.717) is 6.54 Å². The minimum Gasteiger partial charge on any atom is -0.315 e. The van der Waals surface area contributed by atoms with Crippen molar-refractivity contribution in [3.63, 3.8) is 0 Å². The molecule has 0 amide bonds. The molecule has 0 saturated carbocycles. The number of hydrogen-bond acceptors (Lipinski definition) is 3. The first kappa shape index (κ1) is 11.1. The van der Waals surface area contributed by atoms with E-state index in [4.69, 9.17) is 11.0 Å². The Bertz CT molecular complexity index is 367. The monoisotopic (exact) mass is 215 g/mol. The summed E-state index contributed by atoms with van der Waals surface area (Å²) in [6, 6.07) is 10.3. The van der Waals surface area contributed by atoms with Gasteiger partial charge in [-0.25, -0.2) is 0 Å². The molecule has 84 valence electrons. The van der Waals surface area contributed by atoms with Gasteiger partial charge in [-0.2, -0.15) is 5.26 Å². The Labute approximate surface area is 96.5 Å². The molecule has 0 fully saturated rings. The van der Waals surface area contributed by atoms with Crippen LogP contribution in [-0.2, 0) is 12.8 Å². The molecular weight excluding hydrogens is 198 g/mol. The number of nitriles is 1. The normalized spacial score (nSPS) is 18.2. The average molecular weight is 215 g/mol. The largest absolute Gasteiger partial charge is 0.315 e. The van der Waals surface area contributed by atoms with Crippen molar-refractivity contribution in [3.8, 4) is 6.07 Å². The molecule has 1 aliphatic heterocycles. The Morgan fingerprint density at radius 2 is 1.81 bits per heavy atom. The predicted molar refractivity (Wildman–Crippen MR) is 63.9 cm³/mol. The summed E-state index contributed by atoms with van der Waals surface area (Å²) < 4.78 is 0. The van der Waals surface area contributed by atoms with Crippen molar-refractivity contribution in [1.29, 1.82) is 5.26 Å². The van der Waals surface area contributed by atoms with Gasteiger partial charge in [0.05, 0.1) is 6.07 Å². The summed E-state index contributed by atoms with van der Waals surface area (Å²) in [5.41, 5.74) is 8.54. The molecule has 1 unspecified atom stereocenters. The van der Waals surface area contributed by atoms with E-state index in [-0.39, 0.29) is 6.04 Å². The van der Waals surface area contributed by atoms with E-state index in [9.17, 15) is 0 Å². The molecule has 0 saturated heterocycles. The molecule has 1 aliphatic rings. The molecule has 0 aromatic heterocycles. The molecule has 0 radical (unpaired) electrons. The number of fused-ring (bicyclic) bond motifs is 1. The number of rotatable bonds is 2. The fraction of sp³-hybridized carbons (Fsp3) is 0.462. The van der Waals surface area contributed by atoms with Crippen LogP contribution in [0.4, 0.5) is 0 Å². The van der Waals surface area contributed by atoms with Crippen molar-refractivity contribution in [2.75, 3.05) is 19.6 Å². The highest BCUT2D eigenvalue weighted by atomic mass is 15.1. The van der Waals surface area contributed by atoms with Crippen LogP contribution >= 0.6 is 0 Å². The fourth-order valence-corrected chi connectivity index (χ4v) is 2.22. The molecule has 2 rings (SSSR count). The summed E-state index contributed by atoms with van der Waals surface area (Å²) in [7, 11) is 0. The third kappa shape index (κ3) is 2.60. The van der Waals surface area contributed by atoms with Gasteiger partial charge in [0.15, 0.2) is 0 Å². The first-order valence-electron chi connectivity index (χ1n) is 5.74. The number of hydrogen-bond donors (Lipinski definition) is 1. The van der Waals surface area contributed by atoms with Crippen LogP contribution < -0.4 is 5.73 Å². The van der Waals surface area contributed by atoms with Crippen LogP contribution in [0.1, 0.15) is 11.1 Å². The first-order chi connectivity index (χ1) is 7.79. The maximum atomic E-state index is 8.71. The molecule has 1 atom stereocenters. The van der Waals surface area contributed by atoms with E-state index in [0.717, 1.165) is 25.9 Å². The van der Waals surface area contributed by atoms with Gasteiger partial charge in [-0.1, -0.05) is 24.3 Å². The molecular formula is C13H17N3. The van der Waals surface area contributed by atoms with Crippen molar-refractivity contribution in [2.24, 2.45) is 5.73 Å². The van der Waals surface area contributed by atoms with E-state index in [1.165, 1.54) is 11.1 Å². The number of benzene rings is 1. The van der Waals surface area contributed by atoms with Gasteiger partial charge < -0.3 is 10.6 Å². The Morgan fingerprint density at radius 3 is 2.31 bits per heavy atom. The van der Waals surface area contributed by atoms with Crippen LogP contribution in [0.3, 0.4) is 0 Å². The van der Waals surface area contributed by atoms with Crippen LogP contribution in [0.5, 0.6) is 0 Å². The molecule has 1 aromatic carbocycles. The van der Waals surface area contributed by atoms with Gasteiger partial charge in [0, 0.05) is 19.6 Å². The minimum atomic E-state index is -0.360. The molecule has 0 aliphatic carbocycles. The highest BCUT2D eigenvalue weighted by molar-refractivity contribution is 5.28. The second-order valence-electron chi connectivity index (χ2n) is 4.30. The smallest absolute Gasteiger partial charge is 0.106 e. The summed E-state index contributed by atoms with van der Waals surface area (Å²) in [4.78, 5) is 2.29. The predicted octanol–water partition coefficient (Wildman–Crippen LogP) is 0.938. The molecule has 1 heterocycles. The summed E-state index contributed by atoms with van der Waals surface area (Å²) in [5.74, 6) is 0. The Balaban J connectivity index is 2.00. The van der Waals surface area contributed by atoms with Crippen molar-refractivity contribution in [2.45, 2.75) is 18.9 Å². The number of nitrogens with two attached hydrogens (primary N) is 1. The fourth-order valence-electron chi connectivity index (χ4n) is 2.22. The molecule has 16 heavy (non-hydrogen) atoms. The Hall–Kier alpha value is -1.37. The van der Waals surface area contributed by atoms with Gasteiger partial charge in [0.2, 0.25) is 0 Å². The van der Waals surface area contributed by atoms with E-state index < -0.39 is 0 Å². The zero-order chi connectivity index (χ0) is 11.4. The van der Waals surface area contributed by atoms with Gasteiger partial charge in [0.25, 0.3) is 0 Å². The third-order valence-electron chi connectivity index (χ3n) is 3.13. The standard InChI is InChI=1S/C13H17N3/c14-9-13(15)10-16-7-5-11-3-1-2-4-12(11)6-8-16/h1-4,13H,5-8,10,15H2. The van der Waals surface area contributed by atoms with Crippen molar-refractivity contribution in [3.05, 3.63) is 35.4 Å². The summed E-state index contributed by atoms with van der Waals surface area (Å²) in [6.07, 6.45) is 2.13. The molecule has 2 N–H and O–H groups in total. The maximum Gasteiger partial charge on any atom is 0.106 e. The quantitative estimate of drug-likeness (QED) is 0.798. The Morgan fingerprint density at radius 1 is 1.25 bits per heavy atom. The molecule has 0 spiro atoms. The highest BCUT2D eigenvalue weighted by Gasteiger charge is 2.15. The van der Waals surface area contributed by atoms with Crippen molar-refractivity contribution < 1.29 is 0 Å². The van der Waals surface area contributed by atoms with Gasteiger partial charge in [0.1, 0.15) is 6.04 Å². The second-order valence-corrected chi connectivity index (χ2v) is 4.30. The van der Waals surface area contributed by atoms with Gasteiger partial charge in [-0.15, -0.1) is 0 Å².